The van der Waals surface area contributed by atoms with E-state index in [1.165, 1.54) is 37.8 Å². The van der Waals surface area contributed by atoms with Crippen LogP contribution in [0.25, 0.3) is 0 Å². The van der Waals surface area contributed by atoms with Crippen molar-refractivity contribution in [1.82, 2.24) is 30.3 Å². The monoisotopic (exact) mass is 423 g/mol. The van der Waals surface area contributed by atoms with Crippen molar-refractivity contribution in [3.05, 3.63) is 47.5 Å². The van der Waals surface area contributed by atoms with Crippen LogP contribution >= 0.6 is 0 Å². The molecule has 31 heavy (non-hydrogen) atoms. The van der Waals surface area contributed by atoms with E-state index in [2.05, 4.69) is 63.0 Å². The van der Waals surface area contributed by atoms with E-state index in [-0.39, 0.29) is 0 Å². The van der Waals surface area contributed by atoms with Gasteiger partial charge >= 0.3 is 0 Å². The summed E-state index contributed by atoms with van der Waals surface area (Å²) in [5.74, 6) is 2.69. The molecular weight excluding hydrogens is 386 g/mol. The van der Waals surface area contributed by atoms with Crippen LogP contribution in [0.15, 0.2) is 35.3 Å². The minimum absolute atomic E-state index is 0.355. The Kier molecular flexibility index (Phi) is 6.90. The number of aromatic nitrogens is 3. The summed E-state index contributed by atoms with van der Waals surface area (Å²) in [6.45, 7) is 8.96. The maximum absolute atomic E-state index is 4.87. The van der Waals surface area contributed by atoms with Crippen molar-refractivity contribution in [2.75, 3.05) is 26.2 Å². The maximum atomic E-state index is 4.87. The second-order valence-corrected chi connectivity index (χ2v) is 9.21. The first-order chi connectivity index (χ1) is 15.1. The lowest BCUT2D eigenvalue weighted by Crippen LogP contribution is -2.46. The van der Waals surface area contributed by atoms with E-state index >= 15 is 0 Å². The van der Waals surface area contributed by atoms with Crippen LogP contribution in [-0.2, 0) is 20.0 Å². The Morgan fingerprint density at radius 2 is 2.00 bits per heavy atom. The highest BCUT2D eigenvalue weighted by atomic mass is 15.3. The zero-order valence-corrected chi connectivity index (χ0v) is 19.3. The molecule has 2 aromatic rings. The van der Waals surface area contributed by atoms with Crippen LogP contribution in [0, 0.1) is 12.3 Å². The molecule has 4 rings (SSSR count). The summed E-state index contributed by atoms with van der Waals surface area (Å²) >= 11 is 0. The Balaban J connectivity index is 1.39. The van der Waals surface area contributed by atoms with E-state index in [4.69, 9.17) is 4.99 Å². The van der Waals surface area contributed by atoms with E-state index in [1.807, 2.05) is 18.5 Å². The second kappa shape index (κ2) is 9.81. The number of aryl methyl sites for hydroxylation is 1. The smallest absolute Gasteiger partial charge is 0.191 e. The van der Waals surface area contributed by atoms with Crippen molar-refractivity contribution >= 4 is 5.96 Å². The second-order valence-electron chi connectivity index (χ2n) is 9.21. The fraction of sp³-hybridized carbons (Fsp3) is 0.625. The van der Waals surface area contributed by atoms with E-state index < -0.39 is 0 Å². The third-order valence-electron chi connectivity index (χ3n) is 6.98. The molecule has 0 bridgehead atoms. The molecule has 168 valence electrons. The number of nitrogens with zero attached hydrogens (tertiary/aromatic N) is 5. The molecule has 2 aliphatic rings. The van der Waals surface area contributed by atoms with Crippen molar-refractivity contribution < 1.29 is 0 Å². The first-order valence-corrected chi connectivity index (χ1v) is 11.7. The molecular formula is C24H37N7. The third kappa shape index (κ3) is 5.64. The minimum atomic E-state index is 0.355. The first-order valence-electron chi connectivity index (χ1n) is 11.7. The average Bonchev–Trinajstić information content (AvgIpc) is 3.26. The number of hydrogen-bond acceptors (Lipinski definition) is 4. The molecule has 1 saturated heterocycles. The lowest BCUT2D eigenvalue weighted by Gasteiger charge is -2.25. The van der Waals surface area contributed by atoms with Gasteiger partial charge in [-0.15, -0.1) is 10.2 Å². The molecule has 1 unspecified atom stereocenters. The summed E-state index contributed by atoms with van der Waals surface area (Å²) in [6, 6.07) is 11.4. The van der Waals surface area contributed by atoms with Gasteiger partial charge in [-0.2, -0.15) is 0 Å². The van der Waals surface area contributed by atoms with Gasteiger partial charge in [0, 0.05) is 26.2 Å². The number of nitrogens with one attached hydrogen (secondary N) is 2. The molecule has 2 fully saturated rings. The quantitative estimate of drug-likeness (QED) is 0.479. The van der Waals surface area contributed by atoms with Gasteiger partial charge in [-0.3, -0.25) is 4.90 Å². The summed E-state index contributed by atoms with van der Waals surface area (Å²) in [5.41, 5.74) is 1.78. The number of likely N-dealkylation sites (N-methyl/N-ethyl adjacent to an activating group) is 1. The van der Waals surface area contributed by atoms with Crippen LogP contribution in [-0.4, -0.2) is 57.8 Å². The molecule has 7 nitrogen and oxygen atoms in total. The zero-order chi connectivity index (χ0) is 21.7. The Labute approximate surface area is 186 Å². The van der Waals surface area contributed by atoms with Gasteiger partial charge in [-0.25, -0.2) is 4.99 Å². The zero-order valence-electron chi connectivity index (χ0n) is 19.3. The van der Waals surface area contributed by atoms with Crippen LogP contribution in [0.2, 0.25) is 0 Å². The van der Waals surface area contributed by atoms with Gasteiger partial charge in [0.1, 0.15) is 12.4 Å². The highest BCUT2D eigenvalue weighted by Crippen LogP contribution is 2.47. The van der Waals surface area contributed by atoms with Crippen molar-refractivity contribution in [3.8, 4) is 0 Å². The SMILES string of the molecule is CCN1CCCC1CNC(=NCc1nnc(C)n1C)NCC1(Cc2ccccc2)CC1. The van der Waals surface area contributed by atoms with E-state index in [0.717, 1.165) is 43.7 Å². The third-order valence-corrected chi connectivity index (χ3v) is 6.98. The number of rotatable bonds is 9. The maximum Gasteiger partial charge on any atom is 0.191 e. The molecule has 2 heterocycles. The lowest BCUT2D eigenvalue weighted by atomic mass is 9.96. The van der Waals surface area contributed by atoms with Crippen molar-refractivity contribution in [2.45, 2.75) is 58.5 Å². The Hall–Kier alpha value is -2.41. The van der Waals surface area contributed by atoms with Gasteiger partial charge < -0.3 is 15.2 Å². The number of benzene rings is 1. The molecule has 1 aromatic carbocycles. The van der Waals surface area contributed by atoms with Crippen LogP contribution < -0.4 is 10.6 Å². The molecule has 0 radical (unpaired) electrons. The predicted molar refractivity (Wildman–Crippen MR) is 125 cm³/mol. The predicted octanol–water partition coefficient (Wildman–Crippen LogP) is 2.67. The molecule has 0 spiro atoms. The van der Waals surface area contributed by atoms with Gasteiger partial charge in [-0.05, 0) is 63.1 Å². The summed E-state index contributed by atoms with van der Waals surface area (Å²) < 4.78 is 2.01. The molecule has 0 amide bonds. The van der Waals surface area contributed by atoms with Crippen molar-refractivity contribution in [1.29, 1.82) is 0 Å². The Bertz CT molecular complexity index is 869. The number of likely N-dealkylation sites (tertiary alicyclic amines) is 1. The molecule has 7 heteroatoms. The topological polar surface area (TPSA) is 70.4 Å². The van der Waals surface area contributed by atoms with Crippen molar-refractivity contribution in [3.63, 3.8) is 0 Å². The summed E-state index contributed by atoms with van der Waals surface area (Å²) in [6.07, 6.45) is 6.23. The molecule has 1 aliphatic carbocycles. The van der Waals surface area contributed by atoms with Crippen molar-refractivity contribution in [2.24, 2.45) is 17.5 Å². The van der Waals surface area contributed by atoms with Crippen LogP contribution in [0.1, 0.15) is 49.8 Å². The van der Waals surface area contributed by atoms with E-state index in [9.17, 15) is 0 Å². The molecule has 1 aliphatic heterocycles. The molecule has 2 N–H and O–H groups in total. The van der Waals surface area contributed by atoms with Gasteiger partial charge in [0.15, 0.2) is 11.8 Å². The first kappa shape index (κ1) is 21.8. The molecule has 1 atom stereocenters. The van der Waals surface area contributed by atoms with Gasteiger partial charge in [-0.1, -0.05) is 37.3 Å². The number of aliphatic imine (C=N–C) groups is 1. The van der Waals surface area contributed by atoms with E-state index in [1.54, 1.807) is 0 Å². The number of hydrogen-bond donors (Lipinski definition) is 2. The highest BCUT2D eigenvalue weighted by molar-refractivity contribution is 5.79. The highest BCUT2D eigenvalue weighted by Gasteiger charge is 2.42. The lowest BCUT2D eigenvalue weighted by molar-refractivity contribution is 0.267. The minimum Gasteiger partial charge on any atom is -0.356 e. The largest absolute Gasteiger partial charge is 0.356 e. The summed E-state index contributed by atoms with van der Waals surface area (Å²) in [4.78, 5) is 7.43. The normalized spacial score (nSPS) is 20.7. The van der Waals surface area contributed by atoms with E-state index in [0.29, 0.717) is 18.0 Å². The van der Waals surface area contributed by atoms with Gasteiger partial charge in [0.05, 0.1) is 0 Å². The standard InChI is InChI=1S/C24H37N7/c1-4-31-14-8-11-21(31)16-25-23(26-17-22-29-28-19(2)30(22)3)27-18-24(12-13-24)15-20-9-6-5-7-10-20/h5-7,9-10,21H,4,8,11-18H2,1-3H3,(H2,25,26,27). The number of guanidine groups is 1. The Morgan fingerprint density at radius 3 is 2.68 bits per heavy atom. The van der Waals surface area contributed by atoms with Gasteiger partial charge in [0.2, 0.25) is 0 Å². The fourth-order valence-electron chi connectivity index (χ4n) is 4.56. The summed E-state index contributed by atoms with van der Waals surface area (Å²) in [7, 11) is 2.00. The van der Waals surface area contributed by atoms with Crippen LogP contribution in [0.4, 0.5) is 0 Å². The summed E-state index contributed by atoms with van der Waals surface area (Å²) in [5, 5.41) is 15.7. The Morgan fingerprint density at radius 1 is 1.19 bits per heavy atom. The van der Waals surface area contributed by atoms with Crippen LogP contribution in [0.3, 0.4) is 0 Å². The van der Waals surface area contributed by atoms with Gasteiger partial charge in [0.25, 0.3) is 0 Å². The average molecular weight is 424 g/mol. The molecule has 1 aromatic heterocycles. The van der Waals surface area contributed by atoms with Crippen LogP contribution in [0.5, 0.6) is 0 Å². The molecule has 1 saturated carbocycles. The fourth-order valence-corrected chi connectivity index (χ4v) is 4.56.